The SMILES string of the molecule is Cc1ccc(NS(=O)(=O)c2cccc(C(=O)O[C@@H](C)C(=O)N(C)C)c2)cc1. The molecule has 2 aromatic carbocycles. The van der Waals surface area contributed by atoms with E-state index in [-0.39, 0.29) is 16.4 Å². The van der Waals surface area contributed by atoms with Gasteiger partial charge in [-0.05, 0) is 44.2 Å². The molecular weight excluding hydrogens is 368 g/mol. The van der Waals surface area contributed by atoms with E-state index in [9.17, 15) is 18.0 Å². The van der Waals surface area contributed by atoms with E-state index in [0.29, 0.717) is 5.69 Å². The van der Waals surface area contributed by atoms with Crippen molar-refractivity contribution in [2.24, 2.45) is 0 Å². The molecule has 0 bridgehead atoms. The Balaban J connectivity index is 2.19. The van der Waals surface area contributed by atoms with Gasteiger partial charge in [0.1, 0.15) is 0 Å². The Morgan fingerprint density at radius 2 is 1.70 bits per heavy atom. The third-order valence-electron chi connectivity index (χ3n) is 3.76. The highest BCUT2D eigenvalue weighted by atomic mass is 32.2. The molecule has 0 aliphatic rings. The Labute approximate surface area is 159 Å². The number of aryl methyl sites for hydroxylation is 1. The summed E-state index contributed by atoms with van der Waals surface area (Å²) in [6.45, 7) is 3.36. The second-order valence-electron chi connectivity index (χ2n) is 6.28. The normalized spacial score (nSPS) is 12.1. The molecule has 0 aliphatic carbocycles. The number of carbonyl (C=O) groups is 2. The summed E-state index contributed by atoms with van der Waals surface area (Å²) in [5, 5.41) is 0. The number of hydrogen-bond acceptors (Lipinski definition) is 5. The van der Waals surface area contributed by atoms with Crippen LogP contribution in [0.25, 0.3) is 0 Å². The van der Waals surface area contributed by atoms with Gasteiger partial charge in [-0.1, -0.05) is 23.8 Å². The highest BCUT2D eigenvalue weighted by Crippen LogP contribution is 2.18. The number of likely N-dealkylation sites (N-methyl/N-ethyl adjacent to an activating group) is 1. The van der Waals surface area contributed by atoms with E-state index in [1.807, 2.05) is 6.92 Å². The number of benzene rings is 2. The molecule has 0 aliphatic heterocycles. The molecule has 2 aromatic rings. The van der Waals surface area contributed by atoms with Crippen LogP contribution in [0.3, 0.4) is 0 Å². The van der Waals surface area contributed by atoms with Crippen LogP contribution < -0.4 is 4.72 Å². The molecule has 0 spiro atoms. The Bertz CT molecular complexity index is 937. The maximum Gasteiger partial charge on any atom is 0.338 e. The van der Waals surface area contributed by atoms with Crippen LogP contribution in [-0.2, 0) is 19.6 Å². The van der Waals surface area contributed by atoms with Gasteiger partial charge in [-0.2, -0.15) is 0 Å². The molecule has 0 aromatic heterocycles. The summed E-state index contributed by atoms with van der Waals surface area (Å²) < 4.78 is 32.7. The lowest BCUT2D eigenvalue weighted by molar-refractivity contribution is -0.137. The molecule has 0 heterocycles. The van der Waals surface area contributed by atoms with Crippen molar-refractivity contribution in [3.63, 3.8) is 0 Å². The van der Waals surface area contributed by atoms with Gasteiger partial charge >= 0.3 is 5.97 Å². The van der Waals surface area contributed by atoms with Crippen LogP contribution >= 0.6 is 0 Å². The van der Waals surface area contributed by atoms with Crippen molar-refractivity contribution in [2.45, 2.75) is 24.8 Å². The van der Waals surface area contributed by atoms with Crippen LogP contribution in [0.1, 0.15) is 22.8 Å². The van der Waals surface area contributed by atoms with Crippen LogP contribution in [0.15, 0.2) is 53.4 Å². The maximum absolute atomic E-state index is 12.6. The van der Waals surface area contributed by atoms with Gasteiger partial charge in [0.2, 0.25) is 0 Å². The first-order valence-corrected chi connectivity index (χ1v) is 9.70. The zero-order chi connectivity index (χ0) is 20.2. The molecule has 1 amide bonds. The first-order valence-electron chi connectivity index (χ1n) is 8.22. The predicted octanol–water partition coefficient (Wildman–Crippen LogP) is 2.43. The summed E-state index contributed by atoms with van der Waals surface area (Å²) in [5.74, 6) is -1.14. The summed E-state index contributed by atoms with van der Waals surface area (Å²) in [4.78, 5) is 25.3. The standard InChI is InChI=1S/C19H22N2O5S/c1-13-8-10-16(11-9-13)20-27(24,25)17-7-5-6-15(12-17)19(23)26-14(2)18(22)21(3)4/h5-12,14,20H,1-4H3/t14-/m0/s1. The molecule has 0 unspecified atom stereocenters. The quantitative estimate of drug-likeness (QED) is 0.765. The largest absolute Gasteiger partial charge is 0.449 e. The number of ether oxygens (including phenoxy) is 1. The molecule has 1 N–H and O–H groups in total. The number of amides is 1. The minimum absolute atomic E-state index is 0.0418. The molecule has 0 radical (unpaired) electrons. The molecular formula is C19H22N2O5S. The van der Waals surface area contributed by atoms with Crippen LogP contribution in [0, 0.1) is 6.92 Å². The summed E-state index contributed by atoms with van der Waals surface area (Å²) in [7, 11) is -0.769. The van der Waals surface area contributed by atoms with E-state index in [4.69, 9.17) is 4.74 Å². The molecule has 0 saturated carbocycles. The topological polar surface area (TPSA) is 92.8 Å². The lowest BCUT2D eigenvalue weighted by Gasteiger charge is -2.17. The Kier molecular flexibility index (Phi) is 6.22. The molecule has 7 nitrogen and oxygen atoms in total. The van der Waals surface area contributed by atoms with Gasteiger partial charge in [-0.3, -0.25) is 9.52 Å². The van der Waals surface area contributed by atoms with Crippen molar-refractivity contribution in [2.75, 3.05) is 18.8 Å². The van der Waals surface area contributed by atoms with Crippen LogP contribution in [-0.4, -0.2) is 45.4 Å². The first-order chi connectivity index (χ1) is 12.6. The van der Waals surface area contributed by atoms with Gasteiger partial charge < -0.3 is 9.64 Å². The summed E-state index contributed by atoms with van der Waals surface area (Å²) in [5.41, 5.74) is 1.46. The monoisotopic (exact) mass is 390 g/mol. The minimum Gasteiger partial charge on any atom is -0.449 e. The molecule has 0 saturated heterocycles. The predicted molar refractivity (Wildman–Crippen MR) is 102 cm³/mol. The number of esters is 1. The average Bonchev–Trinajstić information content (AvgIpc) is 2.62. The fraction of sp³-hybridized carbons (Fsp3) is 0.263. The number of sulfonamides is 1. The number of hydrogen-bond donors (Lipinski definition) is 1. The van der Waals surface area contributed by atoms with Crippen LogP contribution in [0.5, 0.6) is 0 Å². The smallest absolute Gasteiger partial charge is 0.338 e. The van der Waals surface area contributed by atoms with Gasteiger partial charge in [-0.15, -0.1) is 0 Å². The lowest BCUT2D eigenvalue weighted by Crippen LogP contribution is -2.34. The molecule has 0 fully saturated rings. The zero-order valence-corrected chi connectivity index (χ0v) is 16.4. The lowest BCUT2D eigenvalue weighted by atomic mass is 10.2. The van der Waals surface area contributed by atoms with Gasteiger partial charge in [0.05, 0.1) is 10.5 Å². The van der Waals surface area contributed by atoms with Gasteiger partial charge in [-0.25, -0.2) is 13.2 Å². The molecule has 8 heteroatoms. The van der Waals surface area contributed by atoms with Crippen molar-refractivity contribution in [3.8, 4) is 0 Å². The van der Waals surface area contributed by atoms with Crippen molar-refractivity contribution in [1.29, 1.82) is 0 Å². The fourth-order valence-electron chi connectivity index (χ4n) is 2.27. The first kappa shape index (κ1) is 20.4. The molecule has 2 rings (SSSR count). The fourth-order valence-corrected chi connectivity index (χ4v) is 3.37. The summed E-state index contributed by atoms with van der Waals surface area (Å²) in [6.07, 6.45) is -0.974. The Morgan fingerprint density at radius 3 is 2.30 bits per heavy atom. The van der Waals surface area contributed by atoms with Crippen molar-refractivity contribution >= 4 is 27.6 Å². The maximum atomic E-state index is 12.6. The average molecular weight is 390 g/mol. The Hall–Kier alpha value is -2.87. The summed E-state index contributed by atoms with van der Waals surface area (Å²) in [6, 6.07) is 12.3. The summed E-state index contributed by atoms with van der Waals surface area (Å²) >= 11 is 0. The highest BCUT2D eigenvalue weighted by molar-refractivity contribution is 7.92. The minimum atomic E-state index is -3.87. The number of nitrogens with zero attached hydrogens (tertiary/aromatic N) is 1. The van der Waals surface area contributed by atoms with E-state index in [1.165, 1.54) is 36.1 Å². The second-order valence-corrected chi connectivity index (χ2v) is 7.96. The van der Waals surface area contributed by atoms with E-state index in [1.54, 1.807) is 38.4 Å². The van der Waals surface area contributed by atoms with Crippen LogP contribution in [0.4, 0.5) is 5.69 Å². The van der Waals surface area contributed by atoms with E-state index in [2.05, 4.69) is 4.72 Å². The second kappa shape index (κ2) is 8.22. The molecule has 1 atom stereocenters. The number of carbonyl (C=O) groups excluding carboxylic acids is 2. The van der Waals surface area contributed by atoms with Crippen molar-refractivity contribution in [3.05, 3.63) is 59.7 Å². The van der Waals surface area contributed by atoms with Gasteiger partial charge in [0.15, 0.2) is 6.10 Å². The Morgan fingerprint density at radius 1 is 1.07 bits per heavy atom. The van der Waals surface area contributed by atoms with E-state index >= 15 is 0 Å². The highest BCUT2D eigenvalue weighted by Gasteiger charge is 2.22. The number of nitrogens with one attached hydrogen (secondary N) is 1. The van der Waals surface area contributed by atoms with Crippen LogP contribution in [0.2, 0.25) is 0 Å². The number of anilines is 1. The van der Waals surface area contributed by atoms with E-state index in [0.717, 1.165) is 5.56 Å². The molecule has 144 valence electrons. The number of rotatable bonds is 6. The van der Waals surface area contributed by atoms with Crippen molar-refractivity contribution in [1.82, 2.24) is 4.90 Å². The van der Waals surface area contributed by atoms with E-state index < -0.39 is 22.1 Å². The third kappa shape index (κ3) is 5.30. The molecule has 27 heavy (non-hydrogen) atoms. The van der Waals surface area contributed by atoms with Crippen molar-refractivity contribution < 1.29 is 22.7 Å². The van der Waals surface area contributed by atoms with Gasteiger partial charge in [0.25, 0.3) is 15.9 Å². The zero-order valence-electron chi connectivity index (χ0n) is 15.6. The van der Waals surface area contributed by atoms with Gasteiger partial charge in [0, 0.05) is 19.8 Å². The third-order valence-corrected chi connectivity index (χ3v) is 5.14.